The molecule has 1 aliphatic heterocycles. The van der Waals surface area contributed by atoms with Crippen molar-refractivity contribution >= 4 is 23.1 Å². The Bertz CT molecular complexity index is 932. The van der Waals surface area contributed by atoms with E-state index in [2.05, 4.69) is 0 Å². The predicted molar refractivity (Wildman–Crippen MR) is 83.2 cm³/mol. The SMILES string of the molecule is Cc1cc2c(cc1C)N(C(=O)C(F)(F)F)C(O)(C(F)(F)F)C(C(=O)C(F)(F)F)=CN2. The van der Waals surface area contributed by atoms with Crippen molar-refractivity contribution in [3.8, 4) is 0 Å². The van der Waals surface area contributed by atoms with Crippen LogP contribution < -0.4 is 10.2 Å². The molecule has 0 aliphatic carbocycles. The van der Waals surface area contributed by atoms with Crippen molar-refractivity contribution in [1.29, 1.82) is 0 Å². The van der Waals surface area contributed by atoms with Crippen molar-refractivity contribution in [2.45, 2.75) is 38.1 Å². The van der Waals surface area contributed by atoms with Gasteiger partial charge in [-0.2, -0.15) is 39.5 Å². The molecule has 0 saturated heterocycles. The second-order valence-electron chi connectivity index (χ2n) is 6.29. The van der Waals surface area contributed by atoms with E-state index >= 15 is 0 Å². The van der Waals surface area contributed by atoms with Gasteiger partial charge in [0.25, 0.3) is 11.5 Å². The van der Waals surface area contributed by atoms with Crippen molar-refractivity contribution in [3.05, 3.63) is 35.0 Å². The van der Waals surface area contributed by atoms with Crippen LogP contribution in [0.4, 0.5) is 50.9 Å². The van der Waals surface area contributed by atoms with Gasteiger partial charge in [-0.1, -0.05) is 0 Å². The van der Waals surface area contributed by atoms with Crippen LogP contribution in [0.3, 0.4) is 0 Å². The lowest BCUT2D eigenvalue weighted by Crippen LogP contribution is -2.66. The van der Waals surface area contributed by atoms with Gasteiger partial charge in [0.1, 0.15) is 0 Å². The Kier molecular flexibility index (Phi) is 5.40. The van der Waals surface area contributed by atoms with Crippen LogP contribution in [0.15, 0.2) is 23.9 Å². The lowest BCUT2D eigenvalue weighted by atomic mass is 9.95. The molecule has 14 heteroatoms. The van der Waals surface area contributed by atoms with Crippen LogP contribution in [0.25, 0.3) is 0 Å². The molecule has 0 fully saturated rings. The first-order valence-corrected chi connectivity index (χ1v) is 7.74. The number of aliphatic hydroxyl groups is 1. The summed E-state index contributed by atoms with van der Waals surface area (Å²) in [5.41, 5.74) is -9.44. The number of benzene rings is 1. The van der Waals surface area contributed by atoms with E-state index in [-0.39, 0.29) is 17.3 Å². The van der Waals surface area contributed by atoms with Crippen LogP contribution in [0.5, 0.6) is 0 Å². The molecule has 0 radical (unpaired) electrons. The van der Waals surface area contributed by atoms with E-state index in [9.17, 15) is 54.2 Å². The van der Waals surface area contributed by atoms with Crippen LogP contribution in [0.1, 0.15) is 11.1 Å². The van der Waals surface area contributed by atoms with Crippen LogP contribution in [0.2, 0.25) is 0 Å². The van der Waals surface area contributed by atoms with Gasteiger partial charge in [-0.25, -0.2) is 0 Å². The highest BCUT2D eigenvalue weighted by Gasteiger charge is 2.69. The first-order chi connectivity index (χ1) is 13.3. The minimum absolute atomic E-state index is 0.0469. The molecule has 1 amide bonds. The lowest BCUT2D eigenvalue weighted by molar-refractivity contribution is -0.249. The number of ketones is 1. The summed E-state index contributed by atoms with van der Waals surface area (Å²) in [5.74, 6) is -6.63. The number of halogens is 9. The van der Waals surface area contributed by atoms with Crippen molar-refractivity contribution < 1.29 is 54.2 Å². The fourth-order valence-corrected chi connectivity index (χ4v) is 2.69. The van der Waals surface area contributed by atoms with Gasteiger partial charge in [0.05, 0.1) is 16.9 Å². The molecule has 0 aromatic heterocycles. The Labute approximate surface area is 161 Å². The molecule has 2 rings (SSSR count). The molecule has 166 valence electrons. The highest BCUT2D eigenvalue weighted by Crippen LogP contribution is 2.48. The Hall–Kier alpha value is -2.77. The van der Waals surface area contributed by atoms with Crippen LogP contribution >= 0.6 is 0 Å². The summed E-state index contributed by atoms with van der Waals surface area (Å²) in [7, 11) is 0. The quantitative estimate of drug-likeness (QED) is 0.638. The minimum atomic E-state index is -6.34. The zero-order chi connectivity index (χ0) is 23.4. The standard InChI is InChI=1S/C16H11F9N2O3/c1-6-3-9-10(4-7(6)2)27(12(29)15(20,21)22)13(30,16(23,24)25)8(5-26-9)11(28)14(17,18)19/h3-5,26,30H,1-2H3. The minimum Gasteiger partial charge on any atom is -0.359 e. The molecule has 0 spiro atoms. The number of Topliss-reactive ketones (excluding diaryl/α,β-unsaturated/α-hetero) is 1. The Morgan fingerprint density at radius 2 is 1.43 bits per heavy atom. The molecule has 1 aromatic rings. The monoisotopic (exact) mass is 450 g/mol. The summed E-state index contributed by atoms with van der Waals surface area (Å²) in [6.45, 7) is 2.61. The summed E-state index contributed by atoms with van der Waals surface area (Å²) in [6.07, 6.45) is -18.6. The number of amides is 1. The van der Waals surface area contributed by atoms with Gasteiger partial charge in [0.2, 0.25) is 0 Å². The van der Waals surface area contributed by atoms with E-state index in [0.717, 1.165) is 6.07 Å². The van der Waals surface area contributed by atoms with E-state index in [1.54, 1.807) is 0 Å². The molecule has 2 N–H and O–H groups in total. The van der Waals surface area contributed by atoms with Gasteiger partial charge in [0.15, 0.2) is 0 Å². The smallest absolute Gasteiger partial charge is 0.359 e. The molecule has 0 bridgehead atoms. The van der Waals surface area contributed by atoms with Gasteiger partial charge in [-0.15, -0.1) is 0 Å². The van der Waals surface area contributed by atoms with E-state index in [4.69, 9.17) is 0 Å². The normalized spacial score (nSPS) is 20.1. The second-order valence-corrected chi connectivity index (χ2v) is 6.29. The number of anilines is 2. The number of carbonyl (C=O) groups excluding carboxylic acids is 2. The number of rotatable bonds is 1. The summed E-state index contributed by atoms with van der Waals surface area (Å²) >= 11 is 0. The Morgan fingerprint density at radius 1 is 0.933 bits per heavy atom. The second kappa shape index (κ2) is 6.89. The molecular weight excluding hydrogens is 439 g/mol. The molecule has 1 unspecified atom stereocenters. The van der Waals surface area contributed by atoms with Gasteiger partial charge < -0.3 is 10.4 Å². The summed E-state index contributed by atoms with van der Waals surface area (Å²) < 4.78 is 119. The van der Waals surface area contributed by atoms with E-state index in [1.165, 1.54) is 13.8 Å². The largest absolute Gasteiger partial charge is 0.471 e. The van der Waals surface area contributed by atoms with Crippen molar-refractivity contribution in [1.82, 2.24) is 0 Å². The maximum Gasteiger partial charge on any atom is 0.471 e. The lowest BCUT2D eigenvalue weighted by Gasteiger charge is -2.41. The molecule has 1 heterocycles. The molecule has 1 atom stereocenters. The third-order valence-electron chi connectivity index (χ3n) is 4.27. The van der Waals surface area contributed by atoms with E-state index in [1.807, 2.05) is 5.32 Å². The number of fused-ring (bicyclic) bond motifs is 1. The summed E-state index contributed by atoms with van der Waals surface area (Å²) in [6, 6.07) is 1.57. The molecule has 30 heavy (non-hydrogen) atoms. The molecule has 1 aromatic carbocycles. The zero-order valence-electron chi connectivity index (χ0n) is 14.8. The number of alkyl halides is 9. The number of nitrogens with one attached hydrogen (secondary N) is 1. The molecular formula is C16H11F9N2O3. The summed E-state index contributed by atoms with van der Waals surface area (Å²) in [4.78, 5) is 22.2. The fraction of sp³-hybridized carbons (Fsp3) is 0.375. The average Bonchev–Trinajstić information content (AvgIpc) is 2.67. The van der Waals surface area contributed by atoms with Crippen LogP contribution in [0, 0.1) is 13.8 Å². The van der Waals surface area contributed by atoms with E-state index < -0.39 is 57.8 Å². The number of aryl methyl sites for hydroxylation is 2. The van der Waals surface area contributed by atoms with Gasteiger partial charge >= 0.3 is 24.4 Å². The molecule has 1 aliphatic rings. The Morgan fingerprint density at radius 3 is 1.87 bits per heavy atom. The predicted octanol–water partition coefficient (Wildman–Crippen LogP) is 3.89. The van der Waals surface area contributed by atoms with Gasteiger partial charge in [-0.3, -0.25) is 14.5 Å². The topological polar surface area (TPSA) is 69.6 Å². The van der Waals surface area contributed by atoms with Crippen molar-refractivity contribution in [2.24, 2.45) is 0 Å². The highest BCUT2D eigenvalue weighted by molar-refractivity contribution is 6.09. The van der Waals surface area contributed by atoms with Crippen LogP contribution in [-0.4, -0.2) is 41.1 Å². The summed E-state index contributed by atoms with van der Waals surface area (Å²) in [5, 5.41) is 12.1. The van der Waals surface area contributed by atoms with Gasteiger partial charge in [-0.05, 0) is 37.1 Å². The fourth-order valence-electron chi connectivity index (χ4n) is 2.69. The van der Waals surface area contributed by atoms with E-state index in [0.29, 0.717) is 6.07 Å². The highest BCUT2D eigenvalue weighted by atomic mass is 19.4. The maximum atomic E-state index is 13.8. The van der Waals surface area contributed by atoms with Crippen molar-refractivity contribution in [3.63, 3.8) is 0 Å². The Balaban J connectivity index is 3.00. The van der Waals surface area contributed by atoms with Crippen LogP contribution in [-0.2, 0) is 9.59 Å². The molecule has 0 saturated carbocycles. The van der Waals surface area contributed by atoms with Crippen molar-refractivity contribution in [2.75, 3.05) is 10.2 Å². The number of carbonyl (C=O) groups is 2. The maximum absolute atomic E-state index is 13.8. The number of hydrogen-bond donors (Lipinski definition) is 2. The number of nitrogens with zero attached hydrogens (tertiary/aromatic N) is 1. The first-order valence-electron chi connectivity index (χ1n) is 7.74. The average molecular weight is 450 g/mol. The molecule has 5 nitrogen and oxygen atoms in total. The third-order valence-corrected chi connectivity index (χ3v) is 4.27. The number of hydrogen-bond acceptors (Lipinski definition) is 4. The zero-order valence-corrected chi connectivity index (χ0v) is 14.8. The first kappa shape index (κ1) is 23.5. The third kappa shape index (κ3) is 3.70. The van der Waals surface area contributed by atoms with Gasteiger partial charge in [0, 0.05) is 6.20 Å².